The highest BCUT2D eigenvalue weighted by Crippen LogP contribution is 2.22. The number of hydrogen-bond donors (Lipinski definition) is 1. The average molecular weight is 275 g/mol. The first-order valence-corrected chi connectivity index (χ1v) is 6.57. The summed E-state index contributed by atoms with van der Waals surface area (Å²) in [6, 6.07) is 5.18. The molecule has 0 saturated heterocycles. The Morgan fingerprint density at radius 1 is 1.21 bits per heavy atom. The average Bonchev–Trinajstić information content (AvgIpc) is 2.90. The zero-order valence-corrected chi connectivity index (χ0v) is 10.7. The second-order valence-electron chi connectivity index (χ2n) is 3.81. The topological polar surface area (TPSA) is 93.8 Å². The molecule has 2 aromatic heterocycles. The minimum absolute atomic E-state index is 0.471. The number of anilines is 1. The van der Waals surface area contributed by atoms with E-state index in [0.29, 0.717) is 21.7 Å². The predicted octanol–water partition coefficient (Wildman–Crippen LogP) is 1.46. The monoisotopic (exact) mass is 275 g/mol. The van der Waals surface area contributed by atoms with Crippen molar-refractivity contribution >= 4 is 27.8 Å². The van der Waals surface area contributed by atoms with Crippen LogP contribution in [0.4, 0.5) is 5.82 Å². The number of fused-ring (bicyclic) bond motifs is 1. The Morgan fingerprint density at radius 3 is 2.84 bits per heavy atom. The minimum Gasteiger partial charge on any atom is -0.285 e. The van der Waals surface area contributed by atoms with Gasteiger partial charge in [0.25, 0.3) is 0 Å². The van der Waals surface area contributed by atoms with Crippen molar-refractivity contribution in [1.82, 2.24) is 20.3 Å². The molecule has 0 aliphatic rings. The van der Waals surface area contributed by atoms with Crippen molar-refractivity contribution in [3.05, 3.63) is 36.3 Å². The Labute approximate surface area is 110 Å². The third-order valence-electron chi connectivity index (χ3n) is 2.56. The molecule has 3 aromatic rings. The van der Waals surface area contributed by atoms with Gasteiger partial charge in [-0.25, -0.2) is 18.8 Å². The van der Waals surface area contributed by atoms with Gasteiger partial charge in [-0.15, -0.1) is 0 Å². The van der Waals surface area contributed by atoms with Crippen LogP contribution in [0.1, 0.15) is 5.56 Å². The number of aromatic nitrogens is 4. The Morgan fingerprint density at radius 2 is 2.05 bits per heavy atom. The van der Waals surface area contributed by atoms with Crippen molar-refractivity contribution in [1.29, 1.82) is 0 Å². The lowest BCUT2D eigenvalue weighted by Gasteiger charge is -2.05. The first kappa shape index (κ1) is 11.7. The molecule has 0 saturated carbocycles. The van der Waals surface area contributed by atoms with E-state index in [-0.39, 0.29) is 0 Å². The van der Waals surface area contributed by atoms with Crippen LogP contribution in [0.5, 0.6) is 0 Å². The van der Waals surface area contributed by atoms with Gasteiger partial charge in [-0.05, 0) is 34.9 Å². The zero-order valence-electron chi connectivity index (χ0n) is 9.90. The molecule has 2 heterocycles. The molecule has 3 rings (SSSR count). The molecule has 0 bridgehead atoms. The van der Waals surface area contributed by atoms with Crippen molar-refractivity contribution in [2.45, 2.75) is 11.8 Å². The second-order valence-corrected chi connectivity index (χ2v) is 4.99. The first-order valence-electron chi connectivity index (χ1n) is 5.42. The number of hydrogen-bond acceptors (Lipinski definition) is 6. The van der Waals surface area contributed by atoms with Crippen molar-refractivity contribution < 1.29 is 8.84 Å². The molecule has 0 amide bonds. The lowest BCUT2D eigenvalue weighted by molar-refractivity contribution is 0.315. The molecular formula is C11H9N5O2S. The maximum atomic E-state index is 12.3. The molecule has 96 valence electrons. The number of aryl methyl sites for hydroxylation is 1. The van der Waals surface area contributed by atoms with Crippen LogP contribution in [0.3, 0.4) is 0 Å². The van der Waals surface area contributed by atoms with E-state index in [1.54, 1.807) is 18.3 Å². The van der Waals surface area contributed by atoms with E-state index in [9.17, 15) is 4.21 Å². The summed E-state index contributed by atoms with van der Waals surface area (Å²) in [5.74, 6) is 0.471. The fourth-order valence-electron chi connectivity index (χ4n) is 1.62. The van der Waals surface area contributed by atoms with Gasteiger partial charge < -0.3 is 0 Å². The van der Waals surface area contributed by atoms with E-state index in [4.69, 9.17) is 4.63 Å². The van der Waals surface area contributed by atoms with Gasteiger partial charge in [-0.3, -0.25) is 4.72 Å². The summed E-state index contributed by atoms with van der Waals surface area (Å²) < 4.78 is 19.7. The van der Waals surface area contributed by atoms with Gasteiger partial charge in [0.15, 0.2) is 16.5 Å². The van der Waals surface area contributed by atoms with Crippen molar-refractivity contribution in [3.63, 3.8) is 0 Å². The molecule has 1 aromatic carbocycles. The Kier molecular flexibility index (Phi) is 2.92. The highest BCUT2D eigenvalue weighted by atomic mass is 32.2. The van der Waals surface area contributed by atoms with E-state index >= 15 is 0 Å². The van der Waals surface area contributed by atoms with Crippen LogP contribution in [0.15, 0.2) is 40.2 Å². The molecule has 0 radical (unpaired) electrons. The largest absolute Gasteiger partial charge is 0.285 e. The van der Waals surface area contributed by atoms with Gasteiger partial charge in [-0.1, -0.05) is 6.07 Å². The summed E-state index contributed by atoms with van der Waals surface area (Å²) >= 11 is 0. The number of nitrogens with zero attached hydrogens (tertiary/aromatic N) is 4. The number of benzene rings is 1. The SMILES string of the molecule is Cc1ccc(S(=O)Nc2ccncn2)c2nonc12. The summed E-state index contributed by atoms with van der Waals surface area (Å²) in [4.78, 5) is 8.25. The van der Waals surface area contributed by atoms with Crippen LogP contribution in [-0.2, 0) is 11.0 Å². The van der Waals surface area contributed by atoms with Crippen molar-refractivity contribution in [3.8, 4) is 0 Å². The lowest BCUT2D eigenvalue weighted by atomic mass is 10.2. The predicted molar refractivity (Wildman–Crippen MR) is 68.6 cm³/mol. The van der Waals surface area contributed by atoms with E-state index in [1.165, 1.54) is 6.33 Å². The molecule has 7 nitrogen and oxygen atoms in total. The van der Waals surface area contributed by atoms with Crippen LogP contribution in [0, 0.1) is 6.92 Å². The second kappa shape index (κ2) is 4.73. The van der Waals surface area contributed by atoms with Crippen LogP contribution in [0.25, 0.3) is 11.0 Å². The van der Waals surface area contributed by atoms with Crippen molar-refractivity contribution in [2.75, 3.05) is 4.72 Å². The molecule has 8 heteroatoms. The molecule has 0 spiro atoms. The molecule has 1 atom stereocenters. The summed E-state index contributed by atoms with van der Waals surface area (Å²) in [7, 11) is -1.50. The van der Waals surface area contributed by atoms with Gasteiger partial charge in [-0.2, -0.15) is 0 Å². The quantitative estimate of drug-likeness (QED) is 0.777. The molecule has 0 fully saturated rings. The fraction of sp³-hybridized carbons (Fsp3) is 0.0909. The summed E-state index contributed by atoms with van der Waals surface area (Å²) in [5, 5.41) is 7.58. The van der Waals surface area contributed by atoms with Gasteiger partial charge in [0.2, 0.25) is 0 Å². The van der Waals surface area contributed by atoms with E-state index in [2.05, 4.69) is 25.0 Å². The van der Waals surface area contributed by atoms with Gasteiger partial charge in [0.05, 0.1) is 4.90 Å². The molecule has 19 heavy (non-hydrogen) atoms. The van der Waals surface area contributed by atoms with Crippen LogP contribution in [-0.4, -0.2) is 24.5 Å². The minimum atomic E-state index is -1.50. The molecule has 0 aliphatic carbocycles. The van der Waals surface area contributed by atoms with E-state index < -0.39 is 11.0 Å². The van der Waals surface area contributed by atoms with E-state index in [1.807, 2.05) is 13.0 Å². The standard InChI is InChI=1S/C11H9N5O2S/c1-7-2-3-8(11-10(7)14-18-15-11)19(17)16-9-4-5-12-6-13-9/h2-6H,1H3,(H,12,13,16). The third-order valence-corrected chi connectivity index (χ3v) is 3.68. The van der Waals surface area contributed by atoms with Crippen molar-refractivity contribution in [2.24, 2.45) is 0 Å². The lowest BCUT2D eigenvalue weighted by Crippen LogP contribution is -2.07. The Bertz CT molecular complexity index is 743. The van der Waals surface area contributed by atoms with E-state index in [0.717, 1.165) is 5.56 Å². The first-order chi connectivity index (χ1) is 9.25. The highest BCUT2D eigenvalue weighted by Gasteiger charge is 2.15. The highest BCUT2D eigenvalue weighted by molar-refractivity contribution is 7.86. The van der Waals surface area contributed by atoms with Crippen LogP contribution >= 0.6 is 0 Å². The van der Waals surface area contributed by atoms with Crippen LogP contribution < -0.4 is 4.72 Å². The number of rotatable bonds is 3. The normalized spacial score (nSPS) is 12.5. The smallest absolute Gasteiger partial charge is 0.153 e. The van der Waals surface area contributed by atoms with Gasteiger partial charge in [0.1, 0.15) is 17.7 Å². The zero-order chi connectivity index (χ0) is 13.2. The molecule has 1 unspecified atom stereocenters. The molecule has 0 aliphatic heterocycles. The molecule has 1 N–H and O–H groups in total. The van der Waals surface area contributed by atoms with Gasteiger partial charge in [0, 0.05) is 6.20 Å². The Hall–Kier alpha value is -2.35. The summed E-state index contributed by atoms with van der Waals surface area (Å²) in [5.41, 5.74) is 2.01. The number of nitrogens with one attached hydrogen (secondary N) is 1. The van der Waals surface area contributed by atoms with Crippen LogP contribution in [0.2, 0.25) is 0 Å². The summed E-state index contributed by atoms with van der Waals surface area (Å²) in [6.07, 6.45) is 2.94. The summed E-state index contributed by atoms with van der Waals surface area (Å²) in [6.45, 7) is 1.89. The fourth-order valence-corrected chi connectivity index (χ4v) is 2.54. The molecular weight excluding hydrogens is 266 g/mol. The van der Waals surface area contributed by atoms with Gasteiger partial charge >= 0.3 is 0 Å². The maximum absolute atomic E-state index is 12.3. The maximum Gasteiger partial charge on any atom is 0.153 e. The third kappa shape index (κ3) is 2.17. The Balaban J connectivity index is 1.98.